The zero-order valence-electron chi connectivity index (χ0n) is 57.5. The van der Waals surface area contributed by atoms with Crippen LogP contribution in [0.1, 0.15) is 234 Å². The Bertz CT molecular complexity index is 3310. The van der Waals surface area contributed by atoms with Crippen LogP contribution in [0.2, 0.25) is 0 Å². The summed E-state index contributed by atoms with van der Waals surface area (Å²) >= 11 is 4.55. The topological polar surface area (TPSA) is 127 Å². The fourth-order valence-electron chi connectivity index (χ4n) is 7.24. The largest absolute Gasteiger partial charge is 0.326 e. The van der Waals surface area contributed by atoms with E-state index in [1.807, 2.05) is 73.9 Å². The Morgan fingerprint density at radius 2 is 1.15 bits per heavy atom. The summed E-state index contributed by atoms with van der Waals surface area (Å²) in [6.45, 7) is 58.5. The van der Waals surface area contributed by atoms with E-state index in [9.17, 15) is 4.79 Å². The highest BCUT2D eigenvalue weighted by Crippen LogP contribution is 2.34. The van der Waals surface area contributed by atoms with E-state index >= 15 is 0 Å². The summed E-state index contributed by atoms with van der Waals surface area (Å²) in [6, 6.07) is 3.80. The van der Waals surface area contributed by atoms with Crippen LogP contribution < -0.4 is 0 Å². The van der Waals surface area contributed by atoms with Crippen molar-refractivity contribution < 1.29 is 4.79 Å². The molecule has 7 aromatic rings. The van der Waals surface area contributed by atoms with E-state index in [2.05, 4.69) is 248 Å². The molecule has 8 rings (SSSR count). The summed E-state index contributed by atoms with van der Waals surface area (Å²) < 4.78 is 12.0. The molecule has 472 valence electrons. The summed E-state index contributed by atoms with van der Waals surface area (Å²) in [5.41, 5.74) is 5.57. The number of allylic oxidation sites excluding steroid dienone is 2. The molecular formula is C73H101N11OS3. The van der Waals surface area contributed by atoms with Crippen LogP contribution in [0.25, 0.3) is 12.2 Å². The summed E-state index contributed by atoms with van der Waals surface area (Å²) in [4.78, 5) is 28.8. The highest BCUT2D eigenvalue weighted by molar-refractivity contribution is 7.12. The van der Waals surface area contributed by atoms with Gasteiger partial charge >= 0.3 is 0 Å². The third-order valence-corrected chi connectivity index (χ3v) is 15.4. The molecule has 0 aliphatic heterocycles. The lowest BCUT2D eigenvalue weighted by Gasteiger charge is -2.30. The number of aromatic nitrogens is 11. The van der Waals surface area contributed by atoms with Gasteiger partial charge in [-0.25, -0.2) is 19.9 Å². The number of imidazole rings is 2. The standard InChI is InChI=1S/C10H16O.C9H14N2.C9H12N2.C9H14N2.C9H12N2.3C9H11NS/c1-10(2,3)8-5-4-6-9(11)7-8;2*1-5-8-10-6-7-11(8)9(2,3)4;2*1-5-8-6-7-11(10-8)9(2,3)4;1-5-8-10-7(6-11-8)9(2,3)4;1-5-8-10-6-7(11-8)9(2,3)4;1-5-8-7(6-11-10-8)9(2,3)4/h4,6,8H,5,7H2,1-3H3;5-7H,1H2,2-4H3;1,6-7H,2-4H3;5-7H,1H2,2-4H3;1,6-7H,2-4H3;3*1,6H,2-4H3. The summed E-state index contributed by atoms with van der Waals surface area (Å²) in [6.07, 6.45) is 48.3. The first-order chi connectivity index (χ1) is 40.3. The smallest absolute Gasteiger partial charge is 0.185 e. The number of carbonyl (C=O) groups excluding carboxylic acids is 1. The molecule has 0 aromatic carbocycles. The highest BCUT2D eigenvalue weighted by atomic mass is 32.1. The van der Waals surface area contributed by atoms with Crippen molar-refractivity contribution in [2.24, 2.45) is 11.3 Å². The maximum Gasteiger partial charge on any atom is 0.185 e. The molecule has 12 nitrogen and oxygen atoms in total. The Balaban J connectivity index is 0.000000503. The molecule has 0 radical (unpaired) electrons. The first-order valence-corrected chi connectivity index (χ1v) is 31.7. The van der Waals surface area contributed by atoms with Gasteiger partial charge in [0.15, 0.2) is 21.6 Å². The van der Waals surface area contributed by atoms with Crippen molar-refractivity contribution in [2.45, 2.75) is 217 Å². The van der Waals surface area contributed by atoms with Gasteiger partial charge in [-0.05, 0) is 183 Å². The van der Waals surface area contributed by atoms with E-state index in [0.29, 0.717) is 17.4 Å². The summed E-state index contributed by atoms with van der Waals surface area (Å²) in [7, 11) is 0. The van der Waals surface area contributed by atoms with Gasteiger partial charge in [0.05, 0.1) is 22.5 Å². The summed E-state index contributed by atoms with van der Waals surface area (Å²) in [5, 5.41) is 14.1. The van der Waals surface area contributed by atoms with Crippen LogP contribution in [-0.2, 0) is 43.2 Å². The number of hydrogen-bond acceptors (Lipinski definition) is 11. The number of thiazole rings is 2. The zero-order chi connectivity index (χ0) is 67.9. The lowest BCUT2D eigenvalue weighted by molar-refractivity contribution is -0.116. The number of ketones is 1. The quantitative estimate of drug-likeness (QED) is 0.157. The van der Waals surface area contributed by atoms with Crippen LogP contribution in [0.3, 0.4) is 0 Å². The van der Waals surface area contributed by atoms with E-state index in [1.165, 1.54) is 33.3 Å². The maximum atomic E-state index is 11.0. The predicted octanol–water partition coefficient (Wildman–Crippen LogP) is 17.6. The minimum absolute atomic E-state index is 0.0229. The molecule has 0 fully saturated rings. The second kappa shape index (κ2) is 33.7. The van der Waals surface area contributed by atoms with Crippen LogP contribution in [0.15, 0.2) is 91.6 Å². The molecular weight excluding hydrogens is 1140 g/mol. The van der Waals surface area contributed by atoms with Crippen molar-refractivity contribution in [3.63, 3.8) is 0 Å². The SMILES string of the molecule is C#Cc1ccn(C(C)(C)C)n1.C#Cc1nc(C(C)(C)C)cs1.C#Cc1ncc(C(C)(C)C)s1.C#Cc1nccn1C(C)(C)C.C#Cc1nscc1C(C)(C)C.C=Cc1ccn(C(C)(C)C)n1.C=Cc1nccn1C(C)(C)C.CC(C)(C)C1CC=CC(=O)C1. The number of terminal acetylenes is 5. The predicted molar refractivity (Wildman–Crippen MR) is 378 cm³/mol. The highest BCUT2D eigenvalue weighted by Gasteiger charge is 2.27. The van der Waals surface area contributed by atoms with Crippen molar-refractivity contribution in [3.8, 4) is 61.7 Å². The van der Waals surface area contributed by atoms with E-state index in [-0.39, 0.29) is 49.6 Å². The van der Waals surface area contributed by atoms with Crippen molar-refractivity contribution >= 4 is 52.1 Å². The Labute approximate surface area is 543 Å². The first-order valence-electron chi connectivity index (χ1n) is 29.2. The van der Waals surface area contributed by atoms with Crippen LogP contribution in [0.4, 0.5) is 0 Å². The number of carbonyl (C=O) groups is 1. The molecule has 7 heterocycles. The maximum absolute atomic E-state index is 11.0. The van der Waals surface area contributed by atoms with Crippen LogP contribution in [0, 0.1) is 73.1 Å². The van der Waals surface area contributed by atoms with Crippen molar-refractivity contribution in [1.29, 1.82) is 0 Å². The van der Waals surface area contributed by atoms with Gasteiger partial charge < -0.3 is 9.13 Å². The van der Waals surface area contributed by atoms with Gasteiger partial charge in [-0.1, -0.05) is 102 Å². The molecule has 1 unspecified atom stereocenters. The first kappa shape index (κ1) is 78.4. The van der Waals surface area contributed by atoms with Crippen LogP contribution in [-0.4, -0.2) is 58.8 Å². The van der Waals surface area contributed by atoms with E-state index in [4.69, 9.17) is 32.1 Å². The van der Waals surface area contributed by atoms with Gasteiger partial charge in [0.1, 0.15) is 17.2 Å². The number of rotatable bonds is 2. The van der Waals surface area contributed by atoms with Crippen molar-refractivity contribution in [3.05, 3.63) is 146 Å². The zero-order valence-corrected chi connectivity index (χ0v) is 60.0. The molecule has 7 aromatic heterocycles. The van der Waals surface area contributed by atoms with Gasteiger partial charge in [0, 0.05) is 87.5 Å². The third kappa shape index (κ3) is 27.6. The van der Waals surface area contributed by atoms with E-state index < -0.39 is 0 Å². The fourth-order valence-corrected chi connectivity index (χ4v) is 9.76. The van der Waals surface area contributed by atoms with Gasteiger partial charge in [-0.3, -0.25) is 14.2 Å². The molecule has 15 heteroatoms. The molecule has 0 saturated heterocycles. The molecule has 1 atom stereocenters. The molecule has 0 N–H and O–H groups in total. The normalized spacial score (nSPS) is 13.0. The second-order valence-electron chi connectivity index (χ2n) is 28.7. The molecule has 1 aliphatic rings. The average Bonchev–Trinajstić information content (AvgIpc) is 4.46. The van der Waals surface area contributed by atoms with E-state index in [0.717, 1.165) is 45.8 Å². The van der Waals surface area contributed by atoms with Gasteiger partial charge in [0.2, 0.25) is 0 Å². The minimum Gasteiger partial charge on any atom is -0.326 e. The minimum atomic E-state index is 0.0229. The lowest BCUT2D eigenvalue weighted by atomic mass is 9.74. The second-order valence-corrected chi connectivity index (χ2v) is 31.2. The Hall–Kier alpha value is -7.58. The number of hydrogen-bond donors (Lipinski definition) is 0. The Morgan fingerprint density at radius 1 is 0.591 bits per heavy atom. The summed E-state index contributed by atoms with van der Waals surface area (Å²) in [5.74, 6) is 15.1. The monoisotopic (exact) mass is 1240 g/mol. The van der Waals surface area contributed by atoms with Crippen LogP contribution in [0.5, 0.6) is 0 Å². The Morgan fingerprint density at radius 3 is 1.47 bits per heavy atom. The van der Waals surface area contributed by atoms with E-state index in [1.54, 1.807) is 42.0 Å². The van der Waals surface area contributed by atoms with Crippen LogP contribution >= 0.6 is 34.2 Å². The Kier molecular flexibility index (Phi) is 30.0. The lowest BCUT2D eigenvalue weighted by Crippen LogP contribution is -2.24. The molecule has 88 heavy (non-hydrogen) atoms. The molecule has 0 bridgehead atoms. The fraction of sp³-hybridized carbons (Fsp3) is 0.479. The van der Waals surface area contributed by atoms with Crippen molar-refractivity contribution in [1.82, 2.24) is 53.0 Å². The van der Waals surface area contributed by atoms with Crippen molar-refractivity contribution in [2.75, 3.05) is 0 Å². The number of nitrogens with zero attached hydrogens (tertiary/aromatic N) is 11. The average molecular weight is 1240 g/mol. The molecule has 1 aliphatic carbocycles. The van der Waals surface area contributed by atoms with Gasteiger partial charge in [0.25, 0.3) is 0 Å². The van der Waals surface area contributed by atoms with Gasteiger partial charge in [-0.15, -0.1) is 54.8 Å². The van der Waals surface area contributed by atoms with Gasteiger partial charge in [-0.2, -0.15) is 14.6 Å². The third-order valence-electron chi connectivity index (χ3n) is 12.7. The molecule has 0 spiro atoms. The molecule has 0 saturated carbocycles. The molecule has 0 amide bonds.